The Balaban J connectivity index is 0.000000155. The van der Waals surface area contributed by atoms with Crippen molar-refractivity contribution in [3.63, 3.8) is 0 Å². The number of hydrogen-bond acceptors (Lipinski definition) is 10. The van der Waals surface area contributed by atoms with Crippen molar-refractivity contribution in [3.05, 3.63) is 6.33 Å². The second kappa shape index (κ2) is 6.15. The fraction of sp³-hybridized carbons (Fsp3) is 0.500. The Bertz CT molecular complexity index is 607. The molecule has 2 aromatic rings. The van der Waals surface area contributed by atoms with Crippen LogP contribution in [0.25, 0.3) is 11.2 Å². The molecule has 4 atom stereocenters. The van der Waals surface area contributed by atoms with Crippen LogP contribution in [-0.4, -0.2) is 71.6 Å². The van der Waals surface area contributed by atoms with Crippen LogP contribution in [0.1, 0.15) is 0 Å². The van der Waals surface area contributed by atoms with Gasteiger partial charge in [-0.1, -0.05) is 0 Å². The number of fused-ring (bicyclic) bond motifs is 1. The summed E-state index contributed by atoms with van der Waals surface area (Å²) in [5.74, 6) is 0.465. The van der Waals surface area contributed by atoms with E-state index in [1.807, 2.05) is 0 Å². The lowest BCUT2D eigenvalue weighted by Crippen LogP contribution is -2.33. The van der Waals surface area contributed by atoms with Crippen molar-refractivity contribution in [1.29, 1.82) is 0 Å². The first-order valence-electron chi connectivity index (χ1n) is 5.96. The highest BCUT2D eigenvalue weighted by atomic mass is 16.6. The van der Waals surface area contributed by atoms with Crippen LogP contribution >= 0.6 is 0 Å². The lowest BCUT2D eigenvalue weighted by Gasteiger charge is -2.09. The molecule has 0 amide bonds. The summed E-state index contributed by atoms with van der Waals surface area (Å²) >= 11 is 0. The fourth-order valence-electron chi connectivity index (χ4n) is 1.75. The zero-order valence-corrected chi connectivity index (χ0v) is 10.8. The second-order valence-electron chi connectivity index (χ2n) is 4.30. The molecule has 21 heavy (non-hydrogen) atoms. The Hall–Kier alpha value is -2.05. The smallest absolute Gasteiger partial charge is 0.224 e. The summed E-state index contributed by atoms with van der Waals surface area (Å²) in [6.07, 6.45) is -3.26. The van der Waals surface area contributed by atoms with E-state index in [9.17, 15) is 0 Å². The SMILES string of the molecule is Nc1nc(N)c2[nH]cnc2n1.OC[C@H]1OC(O)[C@@H](O)[C@@H]1O. The quantitative estimate of drug-likeness (QED) is 0.284. The molecule has 1 unspecified atom stereocenters. The second-order valence-corrected chi connectivity index (χ2v) is 4.30. The number of aromatic nitrogens is 4. The Morgan fingerprint density at radius 2 is 1.90 bits per heavy atom. The number of hydrogen-bond donors (Lipinski definition) is 7. The molecule has 0 radical (unpaired) electrons. The van der Waals surface area contributed by atoms with E-state index in [0.29, 0.717) is 17.0 Å². The summed E-state index contributed by atoms with van der Waals surface area (Å²) < 4.78 is 4.54. The zero-order chi connectivity index (χ0) is 15.6. The number of aliphatic hydroxyl groups excluding tert-OH is 4. The van der Waals surface area contributed by atoms with E-state index in [2.05, 4.69) is 24.7 Å². The largest absolute Gasteiger partial charge is 0.394 e. The Morgan fingerprint density at radius 1 is 1.19 bits per heavy atom. The predicted molar refractivity (Wildman–Crippen MR) is 70.5 cm³/mol. The van der Waals surface area contributed by atoms with E-state index in [0.717, 1.165) is 0 Å². The minimum absolute atomic E-state index is 0.141. The summed E-state index contributed by atoms with van der Waals surface area (Å²) in [5, 5.41) is 35.0. The molecule has 1 saturated heterocycles. The maximum atomic E-state index is 8.93. The van der Waals surface area contributed by atoms with Gasteiger partial charge < -0.3 is 41.6 Å². The number of nitrogen functional groups attached to an aromatic ring is 2. The third-order valence-electron chi connectivity index (χ3n) is 2.85. The first kappa shape index (κ1) is 15.3. The highest BCUT2D eigenvalue weighted by Gasteiger charge is 2.41. The lowest BCUT2D eigenvalue weighted by molar-refractivity contribution is -0.132. The van der Waals surface area contributed by atoms with Crippen LogP contribution in [0.3, 0.4) is 0 Å². The highest BCUT2D eigenvalue weighted by molar-refractivity contribution is 5.81. The van der Waals surface area contributed by atoms with Crippen LogP contribution in [0.5, 0.6) is 0 Å². The maximum Gasteiger partial charge on any atom is 0.224 e. The summed E-state index contributed by atoms with van der Waals surface area (Å²) in [6, 6.07) is 0. The first-order valence-corrected chi connectivity index (χ1v) is 5.96. The van der Waals surface area contributed by atoms with Gasteiger partial charge in [-0.05, 0) is 0 Å². The molecular formula is C10H16N6O5. The molecule has 1 fully saturated rings. The number of nitrogens with two attached hydrogens (primary N) is 2. The lowest BCUT2D eigenvalue weighted by atomic mass is 10.1. The number of nitrogens with zero attached hydrogens (tertiary/aromatic N) is 3. The van der Waals surface area contributed by atoms with Crippen molar-refractivity contribution >= 4 is 22.9 Å². The predicted octanol–water partition coefficient (Wildman–Crippen LogP) is -3.06. The van der Waals surface area contributed by atoms with Crippen molar-refractivity contribution < 1.29 is 25.2 Å². The van der Waals surface area contributed by atoms with Crippen LogP contribution in [-0.2, 0) is 4.74 Å². The molecule has 11 heteroatoms. The molecule has 11 nitrogen and oxygen atoms in total. The summed E-state index contributed by atoms with van der Waals surface area (Å²) in [5.41, 5.74) is 11.9. The highest BCUT2D eigenvalue weighted by Crippen LogP contribution is 2.18. The fourth-order valence-corrected chi connectivity index (χ4v) is 1.75. The van der Waals surface area contributed by atoms with Crippen molar-refractivity contribution in [2.24, 2.45) is 0 Å². The van der Waals surface area contributed by atoms with Gasteiger partial charge in [-0.25, -0.2) is 4.98 Å². The molecule has 3 heterocycles. The van der Waals surface area contributed by atoms with E-state index in [1.54, 1.807) is 0 Å². The Kier molecular flexibility index (Phi) is 4.50. The molecule has 0 aliphatic carbocycles. The van der Waals surface area contributed by atoms with Gasteiger partial charge in [0, 0.05) is 0 Å². The number of nitrogens with one attached hydrogen (secondary N) is 1. The van der Waals surface area contributed by atoms with Gasteiger partial charge in [0.05, 0.1) is 12.9 Å². The van der Waals surface area contributed by atoms with E-state index >= 15 is 0 Å². The standard InChI is InChI=1S/C5H6N6.C5H10O5/c6-3-2-4(9-1-8-2)11-5(7)10-3;6-1-2-3(7)4(8)5(9)10-2/h1H,(H5,6,7,8,9,10,11);2-9H,1H2/t;2-,3-,4+,5?/m.1/s1. The number of rotatable bonds is 1. The van der Waals surface area contributed by atoms with Gasteiger partial charge in [0.1, 0.15) is 23.8 Å². The number of aliphatic hydroxyl groups is 4. The maximum absolute atomic E-state index is 8.93. The number of ether oxygens (including phenoxy) is 1. The van der Waals surface area contributed by atoms with Gasteiger partial charge in [-0.15, -0.1) is 0 Å². The van der Waals surface area contributed by atoms with Crippen LogP contribution in [0.2, 0.25) is 0 Å². The van der Waals surface area contributed by atoms with Gasteiger partial charge in [-0.2, -0.15) is 9.97 Å². The number of H-pyrrole nitrogens is 1. The summed E-state index contributed by atoms with van der Waals surface area (Å²) in [4.78, 5) is 14.3. The molecular weight excluding hydrogens is 284 g/mol. The Labute approximate surface area is 118 Å². The van der Waals surface area contributed by atoms with Crippen LogP contribution in [0, 0.1) is 0 Å². The van der Waals surface area contributed by atoms with E-state index in [4.69, 9.17) is 31.9 Å². The van der Waals surface area contributed by atoms with Crippen molar-refractivity contribution in [1.82, 2.24) is 19.9 Å². The average molecular weight is 300 g/mol. The van der Waals surface area contributed by atoms with Crippen LogP contribution < -0.4 is 11.5 Å². The number of imidazole rings is 1. The van der Waals surface area contributed by atoms with Crippen LogP contribution in [0.15, 0.2) is 6.33 Å². The molecule has 116 valence electrons. The van der Waals surface area contributed by atoms with Gasteiger partial charge in [-0.3, -0.25) is 0 Å². The van der Waals surface area contributed by atoms with Crippen molar-refractivity contribution in [2.75, 3.05) is 18.1 Å². The molecule has 3 rings (SSSR count). The normalized spacial score (nSPS) is 28.4. The molecule has 1 aliphatic rings. The third kappa shape index (κ3) is 3.17. The molecule has 2 aromatic heterocycles. The van der Waals surface area contributed by atoms with Gasteiger partial charge in [0.2, 0.25) is 5.95 Å². The topological polar surface area (TPSA) is 197 Å². The molecule has 0 aromatic carbocycles. The molecule has 1 aliphatic heterocycles. The van der Waals surface area contributed by atoms with E-state index in [1.165, 1.54) is 6.33 Å². The first-order chi connectivity index (χ1) is 9.93. The van der Waals surface area contributed by atoms with Gasteiger partial charge in [0.25, 0.3) is 0 Å². The summed E-state index contributed by atoms with van der Waals surface area (Å²) in [7, 11) is 0. The van der Waals surface area contributed by atoms with E-state index < -0.39 is 31.2 Å². The van der Waals surface area contributed by atoms with Crippen molar-refractivity contribution in [2.45, 2.75) is 24.6 Å². The number of aromatic amines is 1. The van der Waals surface area contributed by atoms with Crippen LogP contribution in [0.4, 0.5) is 11.8 Å². The zero-order valence-electron chi connectivity index (χ0n) is 10.8. The summed E-state index contributed by atoms with van der Waals surface area (Å²) in [6.45, 7) is -0.407. The third-order valence-corrected chi connectivity index (χ3v) is 2.85. The minimum atomic E-state index is -1.38. The average Bonchev–Trinajstić information content (AvgIpc) is 3.00. The van der Waals surface area contributed by atoms with Gasteiger partial charge in [0.15, 0.2) is 17.8 Å². The van der Waals surface area contributed by atoms with Crippen molar-refractivity contribution in [3.8, 4) is 0 Å². The number of anilines is 2. The van der Waals surface area contributed by atoms with Gasteiger partial charge >= 0.3 is 0 Å². The molecule has 0 spiro atoms. The molecule has 0 bridgehead atoms. The monoisotopic (exact) mass is 300 g/mol. The Morgan fingerprint density at radius 3 is 2.43 bits per heavy atom. The minimum Gasteiger partial charge on any atom is -0.394 e. The van der Waals surface area contributed by atoms with E-state index in [-0.39, 0.29) is 5.95 Å². The molecule has 0 saturated carbocycles. The molecule has 9 N–H and O–H groups in total.